The summed E-state index contributed by atoms with van der Waals surface area (Å²) >= 11 is 0. The molecule has 1 aromatic rings. The number of nitrogens with zero attached hydrogens (tertiary/aromatic N) is 1. The van der Waals surface area contributed by atoms with Gasteiger partial charge in [0.1, 0.15) is 0 Å². The van der Waals surface area contributed by atoms with E-state index in [0.717, 1.165) is 31.5 Å². The number of piperidine rings is 1. The van der Waals surface area contributed by atoms with Crippen molar-refractivity contribution in [3.05, 3.63) is 29.8 Å². The van der Waals surface area contributed by atoms with Crippen LogP contribution in [0, 0.1) is 5.92 Å². The quantitative estimate of drug-likeness (QED) is 0.810. The molecule has 0 aliphatic carbocycles. The van der Waals surface area contributed by atoms with E-state index in [1.807, 2.05) is 12.1 Å². The normalized spacial score (nSPS) is 17.8. The zero-order chi connectivity index (χ0) is 11.4. The monoisotopic (exact) mass is 221 g/mol. The summed E-state index contributed by atoms with van der Waals surface area (Å²) in [6.07, 6.45) is 2.14. The minimum atomic E-state index is 0.104. The van der Waals surface area contributed by atoms with E-state index in [4.69, 9.17) is 10.2 Å². The third-order valence-corrected chi connectivity index (χ3v) is 3.36. The van der Waals surface area contributed by atoms with Crippen molar-refractivity contribution in [1.29, 1.82) is 0 Å². The average molecular weight is 221 g/mol. The second kappa shape index (κ2) is 5.32. The van der Waals surface area contributed by atoms with Crippen molar-refractivity contribution in [3.63, 3.8) is 0 Å². The molecule has 0 aromatic heterocycles. The first kappa shape index (κ1) is 11.4. The van der Waals surface area contributed by atoms with Crippen LogP contribution in [0.5, 0.6) is 0 Å². The van der Waals surface area contributed by atoms with Gasteiger partial charge >= 0.3 is 0 Å². The number of hydrogen-bond donors (Lipinski definition) is 2. The average Bonchev–Trinajstić information content (AvgIpc) is 2.39. The lowest BCUT2D eigenvalue weighted by atomic mass is 9.97. The van der Waals surface area contributed by atoms with Gasteiger partial charge in [0.25, 0.3) is 0 Å². The zero-order valence-electron chi connectivity index (χ0n) is 9.47. The van der Waals surface area contributed by atoms with Crippen LogP contribution in [0.1, 0.15) is 18.4 Å². The minimum Gasteiger partial charge on any atom is -0.396 e. The Balaban J connectivity index is 1.97. The van der Waals surface area contributed by atoms with Crippen LogP contribution in [0.15, 0.2) is 24.3 Å². The molecule has 1 aliphatic heterocycles. The van der Waals surface area contributed by atoms with E-state index >= 15 is 0 Å². The number of hydrogen-bond acceptors (Lipinski definition) is 3. The molecule has 1 aliphatic rings. The molecule has 3 heteroatoms. The fraction of sp³-hybridized carbons (Fsp3) is 0.538. The summed E-state index contributed by atoms with van der Waals surface area (Å²) in [5.74, 6) is 0.480. The fourth-order valence-electron chi connectivity index (χ4n) is 2.19. The van der Waals surface area contributed by atoms with Crippen LogP contribution in [0.2, 0.25) is 0 Å². The highest BCUT2D eigenvalue weighted by Crippen LogP contribution is 2.23. The smallest absolute Gasteiger partial charge is 0.0681 e. The molecule has 1 fully saturated rings. The van der Waals surface area contributed by atoms with Crippen molar-refractivity contribution < 1.29 is 10.2 Å². The molecule has 2 rings (SSSR count). The first-order valence-corrected chi connectivity index (χ1v) is 5.89. The molecule has 2 N–H and O–H groups in total. The van der Waals surface area contributed by atoms with Crippen LogP contribution in [-0.4, -0.2) is 29.9 Å². The molecule has 0 amide bonds. The maximum absolute atomic E-state index is 9.07. The Kier molecular flexibility index (Phi) is 3.80. The lowest BCUT2D eigenvalue weighted by Gasteiger charge is -2.32. The Morgan fingerprint density at radius 3 is 2.19 bits per heavy atom. The molecule has 3 nitrogen and oxygen atoms in total. The van der Waals surface area contributed by atoms with Crippen LogP contribution in [0.4, 0.5) is 5.69 Å². The predicted octanol–water partition coefficient (Wildman–Crippen LogP) is 1.39. The molecular weight excluding hydrogens is 202 g/mol. The van der Waals surface area contributed by atoms with Gasteiger partial charge in [-0.15, -0.1) is 0 Å². The fourth-order valence-corrected chi connectivity index (χ4v) is 2.19. The third-order valence-electron chi connectivity index (χ3n) is 3.36. The summed E-state index contributed by atoms with van der Waals surface area (Å²) in [5.41, 5.74) is 2.17. The van der Waals surface area contributed by atoms with Gasteiger partial charge < -0.3 is 15.1 Å². The van der Waals surface area contributed by atoms with Crippen molar-refractivity contribution in [2.24, 2.45) is 5.92 Å². The van der Waals surface area contributed by atoms with Crippen molar-refractivity contribution in [1.82, 2.24) is 0 Å². The highest BCUT2D eigenvalue weighted by molar-refractivity contribution is 5.47. The van der Waals surface area contributed by atoms with Gasteiger partial charge in [-0.05, 0) is 36.5 Å². The van der Waals surface area contributed by atoms with E-state index in [9.17, 15) is 0 Å². The predicted molar refractivity (Wildman–Crippen MR) is 64.4 cm³/mol. The molecule has 0 saturated carbocycles. The molecule has 0 spiro atoms. The van der Waals surface area contributed by atoms with Crippen molar-refractivity contribution >= 4 is 5.69 Å². The first-order valence-electron chi connectivity index (χ1n) is 5.89. The highest BCUT2D eigenvalue weighted by atomic mass is 16.3. The molecule has 0 bridgehead atoms. The maximum Gasteiger partial charge on any atom is 0.0681 e. The van der Waals surface area contributed by atoms with E-state index in [1.165, 1.54) is 5.69 Å². The van der Waals surface area contributed by atoms with Crippen LogP contribution in [-0.2, 0) is 6.61 Å². The number of aliphatic hydroxyl groups is 2. The van der Waals surface area contributed by atoms with Gasteiger partial charge in [0.15, 0.2) is 0 Å². The lowest BCUT2D eigenvalue weighted by Crippen LogP contribution is -2.34. The standard InChI is InChI=1S/C13H19NO2/c15-9-11-1-3-13(4-2-11)14-7-5-12(10-16)6-8-14/h1-4,12,15-16H,5-10H2. The minimum absolute atomic E-state index is 0.104. The molecular formula is C13H19NO2. The summed E-state index contributed by atoms with van der Waals surface area (Å²) in [5, 5.41) is 18.0. The topological polar surface area (TPSA) is 43.7 Å². The second-order valence-corrected chi connectivity index (χ2v) is 4.44. The van der Waals surface area contributed by atoms with Gasteiger partial charge in [-0.2, -0.15) is 0 Å². The molecule has 1 heterocycles. The largest absolute Gasteiger partial charge is 0.396 e. The summed E-state index contributed by atoms with van der Waals surface area (Å²) in [6.45, 7) is 2.46. The van der Waals surface area contributed by atoms with Crippen LogP contribution in [0.3, 0.4) is 0 Å². The maximum atomic E-state index is 9.07. The van der Waals surface area contributed by atoms with Crippen molar-refractivity contribution in [2.45, 2.75) is 19.4 Å². The molecule has 16 heavy (non-hydrogen) atoms. The van der Waals surface area contributed by atoms with E-state index in [-0.39, 0.29) is 6.61 Å². The van der Waals surface area contributed by atoms with Gasteiger partial charge in [-0.1, -0.05) is 12.1 Å². The van der Waals surface area contributed by atoms with E-state index in [2.05, 4.69) is 17.0 Å². The Bertz CT molecular complexity index is 315. The third kappa shape index (κ3) is 2.54. The Morgan fingerprint density at radius 1 is 1.06 bits per heavy atom. The van der Waals surface area contributed by atoms with E-state index in [1.54, 1.807) is 0 Å². The molecule has 0 atom stereocenters. The SMILES string of the molecule is OCc1ccc(N2CCC(CO)CC2)cc1. The van der Waals surface area contributed by atoms with E-state index < -0.39 is 0 Å². The first-order chi connectivity index (χ1) is 7.83. The van der Waals surface area contributed by atoms with Gasteiger partial charge in [-0.25, -0.2) is 0 Å². The number of anilines is 1. The molecule has 1 aromatic carbocycles. The van der Waals surface area contributed by atoms with Gasteiger partial charge in [0.05, 0.1) is 6.61 Å². The van der Waals surface area contributed by atoms with Gasteiger partial charge in [0, 0.05) is 25.4 Å². The Hall–Kier alpha value is -1.06. The highest BCUT2D eigenvalue weighted by Gasteiger charge is 2.18. The van der Waals surface area contributed by atoms with Crippen LogP contribution < -0.4 is 4.90 Å². The molecule has 0 unspecified atom stereocenters. The van der Waals surface area contributed by atoms with Crippen LogP contribution in [0.25, 0.3) is 0 Å². The van der Waals surface area contributed by atoms with Crippen molar-refractivity contribution in [2.75, 3.05) is 24.6 Å². The Morgan fingerprint density at radius 2 is 1.69 bits per heavy atom. The van der Waals surface area contributed by atoms with Crippen LogP contribution >= 0.6 is 0 Å². The van der Waals surface area contributed by atoms with Gasteiger partial charge in [0.2, 0.25) is 0 Å². The molecule has 1 saturated heterocycles. The summed E-state index contributed by atoms with van der Waals surface area (Å²) in [4.78, 5) is 2.34. The molecule has 88 valence electrons. The van der Waals surface area contributed by atoms with E-state index in [0.29, 0.717) is 12.5 Å². The summed E-state index contributed by atoms with van der Waals surface area (Å²) < 4.78 is 0. The zero-order valence-corrected chi connectivity index (χ0v) is 9.47. The van der Waals surface area contributed by atoms with Crippen molar-refractivity contribution in [3.8, 4) is 0 Å². The number of benzene rings is 1. The summed E-state index contributed by atoms with van der Waals surface area (Å²) in [7, 11) is 0. The number of rotatable bonds is 3. The van der Waals surface area contributed by atoms with Gasteiger partial charge in [-0.3, -0.25) is 0 Å². The number of aliphatic hydroxyl groups excluding tert-OH is 2. The molecule has 0 radical (unpaired) electrons. The summed E-state index contributed by atoms with van der Waals surface area (Å²) in [6, 6.07) is 8.05. The Labute approximate surface area is 96.3 Å². The lowest BCUT2D eigenvalue weighted by molar-refractivity contribution is 0.203. The second-order valence-electron chi connectivity index (χ2n) is 4.44.